The first-order valence-electron chi connectivity index (χ1n) is 6.33. The SMILES string of the molecule is Cn1ccnc1CN1CCCc2cc(N)ccc21. The number of aryl methyl sites for hydroxylation is 2. The van der Waals surface area contributed by atoms with Crippen molar-refractivity contribution < 1.29 is 0 Å². The molecule has 2 aromatic rings. The van der Waals surface area contributed by atoms with Crippen LogP contribution in [0.2, 0.25) is 0 Å². The maximum atomic E-state index is 5.85. The number of nitrogens with zero attached hydrogens (tertiary/aromatic N) is 3. The normalized spacial score (nSPS) is 14.6. The Hall–Kier alpha value is -1.97. The number of rotatable bonds is 2. The van der Waals surface area contributed by atoms with Crippen molar-refractivity contribution in [1.82, 2.24) is 9.55 Å². The van der Waals surface area contributed by atoms with E-state index in [0.29, 0.717) is 0 Å². The second-order valence-electron chi connectivity index (χ2n) is 4.87. The number of imidazole rings is 1. The third-order valence-corrected chi connectivity index (χ3v) is 3.57. The van der Waals surface area contributed by atoms with Crippen LogP contribution in [-0.2, 0) is 20.0 Å². The first-order valence-corrected chi connectivity index (χ1v) is 6.33. The molecule has 0 saturated carbocycles. The van der Waals surface area contributed by atoms with E-state index in [-0.39, 0.29) is 0 Å². The fraction of sp³-hybridized carbons (Fsp3) is 0.357. The topological polar surface area (TPSA) is 47.1 Å². The van der Waals surface area contributed by atoms with E-state index in [0.717, 1.165) is 31.0 Å². The summed E-state index contributed by atoms with van der Waals surface area (Å²) in [5.41, 5.74) is 9.37. The summed E-state index contributed by atoms with van der Waals surface area (Å²) in [6, 6.07) is 6.21. The minimum absolute atomic E-state index is 0.854. The molecule has 18 heavy (non-hydrogen) atoms. The molecule has 4 heteroatoms. The molecule has 1 aliphatic rings. The highest BCUT2D eigenvalue weighted by molar-refractivity contribution is 5.61. The Balaban J connectivity index is 1.90. The van der Waals surface area contributed by atoms with E-state index in [1.165, 1.54) is 17.7 Å². The van der Waals surface area contributed by atoms with Crippen LogP contribution >= 0.6 is 0 Å². The van der Waals surface area contributed by atoms with Gasteiger partial charge < -0.3 is 15.2 Å². The summed E-state index contributed by atoms with van der Waals surface area (Å²) in [4.78, 5) is 6.79. The van der Waals surface area contributed by atoms with E-state index in [2.05, 4.69) is 26.6 Å². The Kier molecular flexibility index (Phi) is 2.70. The fourth-order valence-corrected chi connectivity index (χ4v) is 2.58. The van der Waals surface area contributed by atoms with Crippen molar-refractivity contribution in [3.05, 3.63) is 42.0 Å². The van der Waals surface area contributed by atoms with Gasteiger partial charge in [-0.25, -0.2) is 4.98 Å². The monoisotopic (exact) mass is 242 g/mol. The van der Waals surface area contributed by atoms with Crippen molar-refractivity contribution in [2.45, 2.75) is 19.4 Å². The maximum absolute atomic E-state index is 5.85. The van der Waals surface area contributed by atoms with E-state index < -0.39 is 0 Å². The van der Waals surface area contributed by atoms with Gasteiger partial charge in [0.05, 0.1) is 6.54 Å². The minimum Gasteiger partial charge on any atom is -0.399 e. The van der Waals surface area contributed by atoms with E-state index in [1.807, 2.05) is 25.5 Å². The summed E-state index contributed by atoms with van der Waals surface area (Å²) in [5.74, 6) is 1.10. The number of hydrogen-bond acceptors (Lipinski definition) is 3. The van der Waals surface area contributed by atoms with Gasteiger partial charge in [-0.05, 0) is 36.6 Å². The third-order valence-electron chi connectivity index (χ3n) is 3.57. The van der Waals surface area contributed by atoms with Crippen molar-refractivity contribution in [3.63, 3.8) is 0 Å². The molecule has 1 aliphatic heterocycles. The van der Waals surface area contributed by atoms with Crippen LogP contribution in [0.15, 0.2) is 30.6 Å². The molecule has 2 N–H and O–H groups in total. The molecule has 94 valence electrons. The Bertz CT molecular complexity index is 559. The van der Waals surface area contributed by atoms with Gasteiger partial charge in [0.2, 0.25) is 0 Å². The van der Waals surface area contributed by atoms with Gasteiger partial charge in [-0.1, -0.05) is 0 Å². The van der Waals surface area contributed by atoms with Crippen LogP contribution in [0.25, 0.3) is 0 Å². The molecule has 2 heterocycles. The van der Waals surface area contributed by atoms with Crippen LogP contribution in [-0.4, -0.2) is 16.1 Å². The van der Waals surface area contributed by atoms with Gasteiger partial charge in [-0.15, -0.1) is 0 Å². The number of benzene rings is 1. The van der Waals surface area contributed by atoms with E-state index in [9.17, 15) is 0 Å². The van der Waals surface area contributed by atoms with Crippen LogP contribution in [0.3, 0.4) is 0 Å². The number of anilines is 2. The highest BCUT2D eigenvalue weighted by Gasteiger charge is 2.18. The zero-order chi connectivity index (χ0) is 12.5. The minimum atomic E-state index is 0.854. The quantitative estimate of drug-likeness (QED) is 0.819. The van der Waals surface area contributed by atoms with Crippen molar-refractivity contribution in [3.8, 4) is 0 Å². The Morgan fingerprint density at radius 1 is 1.39 bits per heavy atom. The summed E-state index contributed by atoms with van der Waals surface area (Å²) in [6.45, 7) is 1.95. The summed E-state index contributed by atoms with van der Waals surface area (Å²) >= 11 is 0. The van der Waals surface area contributed by atoms with Crippen molar-refractivity contribution >= 4 is 11.4 Å². The second kappa shape index (κ2) is 4.37. The molecule has 0 radical (unpaired) electrons. The predicted molar refractivity (Wildman–Crippen MR) is 73.4 cm³/mol. The Labute approximate surface area is 107 Å². The lowest BCUT2D eigenvalue weighted by Crippen LogP contribution is -2.30. The molecule has 4 nitrogen and oxygen atoms in total. The fourth-order valence-electron chi connectivity index (χ4n) is 2.58. The largest absolute Gasteiger partial charge is 0.399 e. The van der Waals surface area contributed by atoms with Crippen molar-refractivity contribution in [1.29, 1.82) is 0 Å². The van der Waals surface area contributed by atoms with Gasteiger partial charge >= 0.3 is 0 Å². The maximum Gasteiger partial charge on any atom is 0.127 e. The smallest absolute Gasteiger partial charge is 0.127 e. The number of hydrogen-bond donors (Lipinski definition) is 1. The molecule has 0 fully saturated rings. The molecule has 0 aliphatic carbocycles. The van der Waals surface area contributed by atoms with Crippen molar-refractivity contribution in [2.75, 3.05) is 17.2 Å². The van der Waals surface area contributed by atoms with Crippen LogP contribution in [0.5, 0.6) is 0 Å². The van der Waals surface area contributed by atoms with Crippen LogP contribution < -0.4 is 10.6 Å². The Morgan fingerprint density at radius 3 is 3.06 bits per heavy atom. The van der Waals surface area contributed by atoms with E-state index >= 15 is 0 Å². The zero-order valence-corrected chi connectivity index (χ0v) is 10.6. The van der Waals surface area contributed by atoms with Gasteiger partial charge in [0.25, 0.3) is 0 Å². The van der Waals surface area contributed by atoms with Gasteiger partial charge in [0.15, 0.2) is 0 Å². The number of nitrogens with two attached hydrogens (primary N) is 1. The van der Waals surface area contributed by atoms with Gasteiger partial charge in [-0.2, -0.15) is 0 Å². The molecule has 0 bridgehead atoms. The van der Waals surface area contributed by atoms with Crippen molar-refractivity contribution in [2.24, 2.45) is 7.05 Å². The lowest BCUT2D eigenvalue weighted by molar-refractivity contribution is 0.657. The molecular weight excluding hydrogens is 224 g/mol. The zero-order valence-electron chi connectivity index (χ0n) is 10.6. The molecule has 0 unspecified atom stereocenters. The average molecular weight is 242 g/mol. The van der Waals surface area contributed by atoms with Gasteiger partial charge in [0.1, 0.15) is 5.82 Å². The highest BCUT2D eigenvalue weighted by atomic mass is 15.2. The predicted octanol–water partition coefficient (Wildman–Crippen LogP) is 1.96. The molecule has 3 rings (SSSR count). The molecule has 0 saturated heterocycles. The van der Waals surface area contributed by atoms with E-state index in [4.69, 9.17) is 5.73 Å². The number of aromatic nitrogens is 2. The molecule has 0 amide bonds. The second-order valence-corrected chi connectivity index (χ2v) is 4.87. The number of fused-ring (bicyclic) bond motifs is 1. The number of nitrogen functional groups attached to an aromatic ring is 1. The average Bonchev–Trinajstić information content (AvgIpc) is 2.75. The lowest BCUT2D eigenvalue weighted by atomic mass is 10.0. The first-order chi connectivity index (χ1) is 8.74. The van der Waals surface area contributed by atoms with Crippen LogP contribution in [0.4, 0.5) is 11.4 Å². The Morgan fingerprint density at radius 2 is 2.28 bits per heavy atom. The first kappa shape index (κ1) is 11.1. The molecular formula is C14H18N4. The molecule has 1 aromatic carbocycles. The summed E-state index contributed by atoms with van der Waals surface area (Å²) < 4.78 is 2.07. The molecule has 0 spiro atoms. The molecule has 1 aromatic heterocycles. The standard InChI is InChI=1S/C14H18N4/c1-17-8-6-16-14(17)10-18-7-2-3-11-9-12(15)4-5-13(11)18/h4-6,8-9H,2-3,7,10,15H2,1H3. The van der Waals surface area contributed by atoms with Crippen LogP contribution in [0.1, 0.15) is 17.8 Å². The lowest BCUT2D eigenvalue weighted by Gasteiger charge is -2.31. The highest BCUT2D eigenvalue weighted by Crippen LogP contribution is 2.29. The summed E-state index contributed by atoms with van der Waals surface area (Å²) in [6.07, 6.45) is 6.14. The van der Waals surface area contributed by atoms with Gasteiger partial charge in [0, 0.05) is 37.4 Å². The summed E-state index contributed by atoms with van der Waals surface area (Å²) in [5, 5.41) is 0. The molecule has 0 atom stereocenters. The summed E-state index contributed by atoms with van der Waals surface area (Å²) in [7, 11) is 2.04. The van der Waals surface area contributed by atoms with E-state index in [1.54, 1.807) is 0 Å². The van der Waals surface area contributed by atoms with Gasteiger partial charge in [-0.3, -0.25) is 0 Å². The third kappa shape index (κ3) is 1.94. The van der Waals surface area contributed by atoms with Crippen LogP contribution in [0, 0.1) is 0 Å².